The third-order valence-electron chi connectivity index (χ3n) is 7.11. The van der Waals surface area contributed by atoms with Gasteiger partial charge in [-0.3, -0.25) is 9.59 Å². The largest absolute Gasteiger partial charge is 0.368 e. The molecule has 0 aliphatic carbocycles. The molecule has 3 aliphatic heterocycles. The summed E-state index contributed by atoms with van der Waals surface area (Å²) in [4.78, 5) is 29.7. The molecule has 0 saturated carbocycles. The number of rotatable bonds is 4. The first-order chi connectivity index (χ1) is 15.7. The van der Waals surface area contributed by atoms with Crippen molar-refractivity contribution in [3.63, 3.8) is 0 Å². The second kappa shape index (κ2) is 9.72. The molecule has 33 heavy (non-hydrogen) atoms. The molecule has 3 saturated heterocycles. The summed E-state index contributed by atoms with van der Waals surface area (Å²) >= 11 is 0. The highest BCUT2D eigenvalue weighted by Crippen LogP contribution is 2.29. The zero-order valence-electron chi connectivity index (χ0n) is 19.9. The lowest BCUT2D eigenvalue weighted by Crippen LogP contribution is -2.54. The Bertz CT molecular complexity index is 980. The molecule has 0 bridgehead atoms. The first-order valence-corrected chi connectivity index (χ1v) is 13.4. The zero-order valence-corrected chi connectivity index (χ0v) is 20.7. The topological polar surface area (TPSA) is 87.2 Å². The molecule has 8 nitrogen and oxygen atoms in total. The van der Waals surface area contributed by atoms with Crippen molar-refractivity contribution in [1.29, 1.82) is 0 Å². The van der Waals surface area contributed by atoms with Crippen LogP contribution in [-0.4, -0.2) is 86.3 Å². The average Bonchev–Trinajstić information content (AvgIpc) is 3.32. The van der Waals surface area contributed by atoms with Crippen LogP contribution in [0.2, 0.25) is 0 Å². The summed E-state index contributed by atoms with van der Waals surface area (Å²) in [7, 11) is -3.59. The molecule has 1 aromatic rings. The predicted molar refractivity (Wildman–Crippen MR) is 124 cm³/mol. The molecule has 1 unspecified atom stereocenters. The Morgan fingerprint density at radius 2 is 1.39 bits per heavy atom. The lowest BCUT2D eigenvalue weighted by molar-refractivity contribution is -0.147. The molecular formula is C24H35N3O5S. The summed E-state index contributed by atoms with van der Waals surface area (Å²) in [6, 6.07) is 3.80. The quantitative estimate of drug-likeness (QED) is 0.661. The van der Waals surface area contributed by atoms with E-state index in [1.54, 1.807) is 4.90 Å². The number of amides is 2. The van der Waals surface area contributed by atoms with Gasteiger partial charge in [-0.1, -0.05) is 17.7 Å². The van der Waals surface area contributed by atoms with E-state index in [0.29, 0.717) is 63.6 Å². The van der Waals surface area contributed by atoms with Gasteiger partial charge in [0.1, 0.15) is 6.10 Å². The maximum atomic E-state index is 13.3. The summed E-state index contributed by atoms with van der Waals surface area (Å²) in [5.41, 5.74) is 2.58. The van der Waals surface area contributed by atoms with Crippen LogP contribution in [0.3, 0.4) is 0 Å². The summed E-state index contributed by atoms with van der Waals surface area (Å²) < 4.78 is 33.6. The molecular weight excluding hydrogens is 442 g/mol. The summed E-state index contributed by atoms with van der Waals surface area (Å²) in [6.45, 7) is 9.10. The first kappa shape index (κ1) is 24.2. The molecule has 2 amide bonds. The number of carbonyl (C=O) groups excluding carboxylic acids is 2. The Balaban J connectivity index is 1.32. The number of aryl methyl sites for hydroxylation is 3. The molecule has 4 rings (SSSR count). The van der Waals surface area contributed by atoms with E-state index in [1.807, 2.05) is 37.8 Å². The number of benzene rings is 1. The minimum atomic E-state index is -3.59. The third-order valence-corrected chi connectivity index (χ3v) is 9.32. The monoisotopic (exact) mass is 477 g/mol. The highest BCUT2D eigenvalue weighted by molar-refractivity contribution is 7.89. The van der Waals surface area contributed by atoms with E-state index in [0.717, 1.165) is 29.5 Å². The summed E-state index contributed by atoms with van der Waals surface area (Å²) in [5.74, 6) is -0.0455. The second-order valence-corrected chi connectivity index (χ2v) is 11.4. The molecule has 1 atom stereocenters. The normalized spacial score (nSPS) is 23.2. The number of carbonyl (C=O) groups is 2. The molecule has 9 heteroatoms. The Kier molecular flexibility index (Phi) is 7.12. The molecule has 1 aromatic carbocycles. The van der Waals surface area contributed by atoms with E-state index in [4.69, 9.17) is 4.74 Å². The fourth-order valence-electron chi connectivity index (χ4n) is 5.43. The SMILES string of the molecule is Cc1cc(C)c(S(=O)(=O)N2CCC(C(=O)N3CCN(C(=O)C4CCCO4)CC3)CC2)c(C)c1. The van der Waals surface area contributed by atoms with Crippen LogP contribution in [0.15, 0.2) is 17.0 Å². The summed E-state index contributed by atoms with van der Waals surface area (Å²) in [6.07, 6.45) is 2.43. The predicted octanol–water partition coefficient (Wildman–Crippen LogP) is 1.86. The van der Waals surface area contributed by atoms with Crippen LogP contribution in [0, 0.1) is 26.7 Å². The molecule has 0 radical (unpaired) electrons. The van der Waals surface area contributed by atoms with Gasteiger partial charge in [-0.15, -0.1) is 0 Å². The third kappa shape index (κ3) is 4.95. The van der Waals surface area contributed by atoms with Gasteiger partial charge >= 0.3 is 0 Å². The number of piperazine rings is 1. The molecule has 3 fully saturated rings. The fraction of sp³-hybridized carbons (Fsp3) is 0.667. The molecule has 0 aromatic heterocycles. The lowest BCUT2D eigenvalue weighted by atomic mass is 9.96. The van der Waals surface area contributed by atoms with Gasteiger partial charge in [-0.2, -0.15) is 4.31 Å². The van der Waals surface area contributed by atoms with Crippen LogP contribution in [0.5, 0.6) is 0 Å². The van der Waals surface area contributed by atoms with Gasteiger partial charge < -0.3 is 14.5 Å². The molecule has 3 heterocycles. The van der Waals surface area contributed by atoms with Crippen molar-refractivity contribution in [2.75, 3.05) is 45.9 Å². The van der Waals surface area contributed by atoms with Crippen LogP contribution in [0.1, 0.15) is 42.4 Å². The fourth-order valence-corrected chi connectivity index (χ4v) is 7.31. The summed E-state index contributed by atoms with van der Waals surface area (Å²) in [5, 5.41) is 0. The zero-order chi connectivity index (χ0) is 23.8. The highest BCUT2D eigenvalue weighted by atomic mass is 32.2. The van der Waals surface area contributed by atoms with Crippen LogP contribution in [0.4, 0.5) is 0 Å². The number of sulfonamides is 1. The van der Waals surface area contributed by atoms with Crippen molar-refractivity contribution < 1.29 is 22.7 Å². The minimum Gasteiger partial charge on any atom is -0.368 e. The Morgan fingerprint density at radius 3 is 1.91 bits per heavy atom. The van der Waals surface area contributed by atoms with Crippen molar-refractivity contribution in [2.24, 2.45) is 5.92 Å². The maximum Gasteiger partial charge on any atom is 0.251 e. The van der Waals surface area contributed by atoms with Gasteiger partial charge in [-0.05, 0) is 57.6 Å². The van der Waals surface area contributed by atoms with Crippen LogP contribution >= 0.6 is 0 Å². The second-order valence-electron chi connectivity index (χ2n) is 9.56. The van der Waals surface area contributed by atoms with E-state index in [1.165, 1.54) is 4.31 Å². The van der Waals surface area contributed by atoms with Crippen LogP contribution in [-0.2, 0) is 24.3 Å². The number of hydrogen-bond acceptors (Lipinski definition) is 5. The Hall–Kier alpha value is -1.97. The molecule has 0 N–H and O–H groups in total. The lowest BCUT2D eigenvalue weighted by Gasteiger charge is -2.39. The van der Waals surface area contributed by atoms with Crippen molar-refractivity contribution in [3.05, 3.63) is 28.8 Å². The van der Waals surface area contributed by atoms with Gasteiger partial charge in [0.25, 0.3) is 5.91 Å². The van der Waals surface area contributed by atoms with E-state index in [9.17, 15) is 18.0 Å². The van der Waals surface area contributed by atoms with E-state index >= 15 is 0 Å². The van der Waals surface area contributed by atoms with E-state index in [2.05, 4.69) is 0 Å². The van der Waals surface area contributed by atoms with Crippen LogP contribution in [0.25, 0.3) is 0 Å². The number of hydrogen-bond donors (Lipinski definition) is 0. The molecule has 3 aliphatic rings. The smallest absolute Gasteiger partial charge is 0.251 e. The van der Waals surface area contributed by atoms with Crippen molar-refractivity contribution in [3.8, 4) is 0 Å². The minimum absolute atomic E-state index is 0.0415. The van der Waals surface area contributed by atoms with E-state index < -0.39 is 10.0 Å². The average molecular weight is 478 g/mol. The van der Waals surface area contributed by atoms with Gasteiger partial charge in [0, 0.05) is 51.8 Å². The van der Waals surface area contributed by atoms with Crippen LogP contribution < -0.4 is 0 Å². The number of nitrogens with zero attached hydrogens (tertiary/aromatic N) is 3. The number of ether oxygens (including phenoxy) is 1. The highest BCUT2D eigenvalue weighted by Gasteiger charge is 2.37. The Labute approximate surface area is 196 Å². The van der Waals surface area contributed by atoms with E-state index in [-0.39, 0.29) is 23.8 Å². The van der Waals surface area contributed by atoms with Gasteiger partial charge in [0.05, 0.1) is 4.90 Å². The molecule has 182 valence electrons. The van der Waals surface area contributed by atoms with Gasteiger partial charge in [0.15, 0.2) is 0 Å². The van der Waals surface area contributed by atoms with Gasteiger partial charge in [0.2, 0.25) is 15.9 Å². The van der Waals surface area contributed by atoms with Crippen molar-refractivity contribution >= 4 is 21.8 Å². The number of piperidine rings is 1. The maximum absolute atomic E-state index is 13.3. The molecule has 0 spiro atoms. The van der Waals surface area contributed by atoms with Crippen molar-refractivity contribution in [1.82, 2.24) is 14.1 Å². The standard InChI is InChI=1S/C24H35N3O5S/c1-17-15-18(2)22(19(3)16-17)33(30,31)27-8-6-20(7-9-27)23(28)25-10-12-26(13-11-25)24(29)21-5-4-14-32-21/h15-16,20-21H,4-14H2,1-3H3. The first-order valence-electron chi connectivity index (χ1n) is 12.0. The van der Waals surface area contributed by atoms with Crippen molar-refractivity contribution in [2.45, 2.75) is 57.5 Å². The van der Waals surface area contributed by atoms with Gasteiger partial charge in [-0.25, -0.2) is 8.42 Å². The Morgan fingerprint density at radius 1 is 0.848 bits per heavy atom.